The van der Waals surface area contributed by atoms with E-state index in [1.54, 1.807) is 24.3 Å². The van der Waals surface area contributed by atoms with Gasteiger partial charge in [-0.2, -0.15) is 0 Å². The van der Waals surface area contributed by atoms with Gasteiger partial charge in [-0.05, 0) is 37.6 Å². The Balaban J connectivity index is 2.80. The van der Waals surface area contributed by atoms with Gasteiger partial charge in [-0.15, -0.1) is 0 Å². The third kappa shape index (κ3) is 3.50. The number of rotatable bonds is 6. The summed E-state index contributed by atoms with van der Waals surface area (Å²) in [6.45, 7) is 4.82. The Morgan fingerprint density at radius 2 is 1.81 bits per heavy atom. The number of benzene rings is 1. The Bertz CT molecular complexity index is 411. The second-order valence-corrected chi connectivity index (χ2v) is 5.07. The molecule has 0 aromatic heterocycles. The van der Waals surface area contributed by atoms with Crippen LogP contribution in [0.5, 0.6) is 5.75 Å². The number of nitrogens with one attached hydrogen (secondary N) is 1. The predicted molar refractivity (Wildman–Crippen MR) is 63.1 cm³/mol. The van der Waals surface area contributed by atoms with Gasteiger partial charge in [0, 0.05) is 6.54 Å². The molecule has 0 saturated heterocycles. The van der Waals surface area contributed by atoms with Crippen molar-refractivity contribution in [2.45, 2.75) is 25.2 Å². The third-order valence-corrected chi connectivity index (χ3v) is 3.46. The standard InChI is InChI=1S/C11H17NO3S/c1-3-9-12-16(13,14)11-7-5-10(6-8-11)15-4-2/h5-8,12H,3-4,9H2,1-2H3. The Morgan fingerprint density at radius 1 is 1.19 bits per heavy atom. The van der Waals surface area contributed by atoms with Crippen molar-refractivity contribution in [1.82, 2.24) is 4.72 Å². The average molecular weight is 243 g/mol. The molecule has 0 aliphatic carbocycles. The average Bonchev–Trinajstić information content (AvgIpc) is 2.28. The monoisotopic (exact) mass is 243 g/mol. The van der Waals surface area contributed by atoms with Crippen LogP contribution in [0.4, 0.5) is 0 Å². The van der Waals surface area contributed by atoms with Gasteiger partial charge >= 0.3 is 0 Å². The molecule has 0 aliphatic rings. The summed E-state index contributed by atoms with van der Waals surface area (Å²) in [7, 11) is -3.36. The lowest BCUT2D eigenvalue weighted by Gasteiger charge is -2.07. The summed E-state index contributed by atoms with van der Waals surface area (Å²) >= 11 is 0. The number of sulfonamides is 1. The maximum atomic E-state index is 11.7. The van der Waals surface area contributed by atoms with Crippen molar-refractivity contribution in [2.75, 3.05) is 13.2 Å². The van der Waals surface area contributed by atoms with Crippen LogP contribution in [-0.4, -0.2) is 21.6 Å². The van der Waals surface area contributed by atoms with Crippen molar-refractivity contribution in [3.8, 4) is 5.75 Å². The summed E-state index contributed by atoms with van der Waals surface area (Å²) < 4.78 is 31.2. The molecule has 1 N–H and O–H groups in total. The molecular weight excluding hydrogens is 226 g/mol. The van der Waals surface area contributed by atoms with E-state index in [0.717, 1.165) is 6.42 Å². The lowest BCUT2D eigenvalue weighted by molar-refractivity contribution is 0.340. The van der Waals surface area contributed by atoms with Gasteiger partial charge in [-0.3, -0.25) is 0 Å². The Morgan fingerprint density at radius 3 is 2.31 bits per heavy atom. The summed E-state index contributed by atoms with van der Waals surface area (Å²) in [5.41, 5.74) is 0. The Labute approximate surface area is 96.7 Å². The minimum absolute atomic E-state index is 0.268. The molecule has 0 atom stereocenters. The SMILES string of the molecule is CCCNS(=O)(=O)c1ccc(OCC)cc1. The smallest absolute Gasteiger partial charge is 0.240 e. The van der Waals surface area contributed by atoms with Gasteiger partial charge in [0.2, 0.25) is 10.0 Å². The van der Waals surface area contributed by atoms with E-state index in [9.17, 15) is 8.42 Å². The fraction of sp³-hybridized carbons (Fsp3) is 0.455. The molecule has 16 heavy (non-hydrogen) atoms. The highest BCUT2D eigenvalue weighted by Crippen LogP contribution is 2.15. The molecule has 1 rings (SSSR count). The van der Waals surface area contributed by atoms with E-state index in [1.807, 2.05) is 13.8 Å². The van der Waals surface area contributed by atoms with E-state index in [2.05, 4.69) is 4.72 Å². The highest BCUT2D eigenvalue weighted by atomic mass is 32.2. The third-order valence-electron chi connectivity index (χ3n) is 1.99. The van der Waals surface area contributed by atoms with E-state index >= 15 is 0 Å². The Hall–Kier alpha value is -1.07. The van der Waals surface area contributed by atoms with E-state index < -0.39 is 10.0 Å². The zero-order valence-corrected chi connectivity index (χ0v) is 10.4. The van der Waals surface area contributed by atoms with Crippen molar-refractivity contribution in [2.24, 2.45) is 0 Å². The topological polar surface area (TPSA) is 55.4 Å². The van der Waals surface area contributed by atoms with Gasteiger partial charge < -0.3 is 4.74 Å². The predicted octanol–water partition coefficient (Wildman–Crippen LogP) is 1.77. The molecule has 0 aliphatic heterocycles. The highest BCUT2D eigenvalue weighted by molar-refractivity contribution is 7.89. The van der Waals surface area contributed by atoms with Gasteiger partial charge in [0.1, 0.15) is 5.75 Å². The van der Waals surface area contributed by atoms with Crippen LogP contribution >= 0.6 is 0 Å². The number of hydrogen-bond donors (Lipinski definition) is 1. The second-order valence-electron chi connectivity index (χ2n) is 3.30. The van der Waals surface area contributed by atoms with Crippen LogP contribution in [0.1, 0.15) is 20.3 Å². The van der Waals surface area contributed by atoms with Crippen molar-refractivity contribution in [1.29, 1.82) is 0 Å². The van der Waals surface area contributed by atoms with Crippen molar-refractivity contribution in [3.63, 3.8) is 0 Å². The fourth-order valence-corrected chi connectivity index (χ4v) is 2.34. The molecule has 0 unspecified atom stereocenters. The molecule has 0 heterocycles. The van der Waals surface area contributed by atoms with E-state index in [1.165, 1.54) is 0 Å². The zero-order valence-electron chi connectivity index (χ0n) is 9.56. The summed E-state index contributed by atoms with van der Waals surface area (Å²) in [5.74, 6) is 0.678. The molecular formula is C11H17NO3S. The first-order valence-corrected chi connectivity index (χ1v) is 6.81. The van der Waals surface area contributed by atoms with Crippen LogP contribution in [0.2, 0.25) is 0 Å². The van der Waals surface area contributed by atoms with Crippen LogP contribution in [0.15, 0.2) is 29.2 Å². The normalized spacial score (nSPS) is 11.4. The molecule has 1 aromatic carbocycles. The molecule has 0 spiro atoms. The molecule has 0 amide bonds. The molecule has 5 heteroatoms. The van der Waals surface area contributed by atoms with Gasteiger partial charge in [0.05, 0.1) is 11.5 Å². The van der Waals surface area contributed by atoms with Gasteiger partial charge in [-0.1, -0.05) is 6.92 Å². The molecule has 0 saturated carbocycles. The number of ether oxygens (including phenoxy) is 1. The van der Waals surface area contributed by atoms with E-state index in [-0.39, 0.29) is 4.90 Å². The van der Waals surface area contributed by atoms with Crippen molar-refractivity contribution < 1.29 is 13.2 Å². The molecule has 4 nitrogen and oxygen atoms in total. The molecule has 0 radical (unpaired) electrons. The van der Waals surface area contributed by atoms with Crippen LogP contribution < -0.4 is 9.46 Å². The van der Waals surface area contributed by atoms with Crippen molar-refractivity contribution >= 4 is 10.0 Å². The summed E-state index contributed by atoms with van der Waals surface area (Å²) in [6.07, 6.45) is 0.774. The molecule has 0 fully saturated rings. The second kappa shape index (κ2) is 5.86. The summed E-state index contributed by atoms with van der Waals surface area (Å²) in [4.78, 5) is 0.268. The maximum Gasteiger partial charge on any atom is 0.240 e. The first kappa shape index (κ1) is 13.0. The first-order valence-electron chi connectivity index (χ1n) is 5.32. The van der Waals surface area contributed by atoms with Crippen LogP contribution in [0.25, 0.3) is 0 Å². The lowest BCUT2D eigenvalue weighted by Crippen LogP contribution is -2.24. The number of hydrogen-bond acceptors (Lipinski definition) is 3. The molecule has 90 valence electrons. The minimum atomic E-state index is -3.36. The van der Waals surface area contributed by atoms with Gasteiger partial charge in [0.15, 0.2) is 0 Å². The fourth-order valence-electron chi connectivity index (χ4n) is 1.20. The summed E-state index contributed by atoms with van der Waals surface area (Å²) in [6, 6.07) is 6.40. The van der Waals surface area contributed by atoms with E-state index in [0.29, 0.717) is 18.9 Å². The molecule has 1 aromatic rings. The van der Waals surface area contributed by atoms with Crippen LogP contribution in [-0.2, 0) is 10.0 Å². The van der Waals surface area contributed by atoms with Crippen molar-refractivity contribution in [3.05, 3.63) is 24.3 Å². The van der Waals surface area contributed by atoms with Gasteiger partial charge in [-0.25, -0.2) is 13.1 Å². The highest BCUT2D eigenvalue weighted by Gasteiger charge is 2.12. The largest absolute Gasteiger partial charge is 0.494 e. The van der Waals surface area contributed by atoms with E-state index in [4.69, 9.17) is 4.74 Å². The van der Waals surface area contributed by atoms with Crippen LogP contribution in [0, 0.1) is 0 Å². The first-order chi connectivity index (χ1) is 7.60. The minimum Gasteiger partial charge on any atom is -0.494 e. The van der Waals surface area contributed by atoms with Crippen LogP contribution in [0.3, 0.4) is 0 Å². The maximum absolute atomic E-state index is 11.7. The Kier molecular flexibility index (Phi) is 4.76. The lowest BCUT2D eigenvalue weighted by atomic mass is 10.3. The van der Waals surface area contributed by atoms with Gasteiger partial charge in [0.25, 0.3) is 0 Å². The summed E-state index contributed by atoms with van der Waals surface area (Å²) in [5, 5.41) is 0. The molecule has 0 bridgehead atoms. The quantitative estimate of drug-likeness (QED) is 0.828. The zero-order chi connectivity index (χ0) is 12.0.